The van der Waals surface area contributed by atoms with E-state index in [2.05, 4.69) is 26.2 Å². The van der Waals surface area contributed by atoms with Gasteiger partial charge in [0.2, 0.25) is 0 Å². The van der Waals surface area contributed by atoms with Crippen molar-refractivity contribution in [3.63, 3.8) is 0 Å². The Bertz CT molecular complexity index is 352. The molecule has 1 aliphatic carbocycles. The van der Waals surface area contributed by atoms with Gasteiger partial charge in [0.15, 0.2) is 5.78 Å². The first kappa shape index (κ1) is 13.4. The summed E-state index contributed by atoms with van der Waals surface area (Å²) in [6, 6.07) is 0. The number of allylic oxidation sites excluding steroid dienone is 1. The highest BCUT2D eigenvalue weighted by molar-refractivity contribution is 6.87. The van der Waals surface area contributed by atoms with E-state index in [1.807, 2.05) is 0 Å². The van der Waals surface area contributed by atoms with Gasteiger partial charge in [-0.3, -0.25) is 4.79 Å². The smallest absolute Gasteiger partial charge is 0.156 e. The number of aliphatic hydroxyl groups excluding tert-OH is 2. The van der Waals surface area contributed by atoms with Crippen LogP contribution in [0.2, 0.25) is 19.6 Å². The van der Waals surface area contributed by atoms with Crippen molar-refractivity contribution in [1.29, 1.82) is 0 Å². The normalized spacial score (nSPS) is 26.4. The van der Waals surface area contributed by atoms with E-state index in [9.17, 15) is 15.0 Å². The fourth-order valence-electron chi connectivity index (χ4n) is 2.42. The molecule has 0 heterocycles. The molecule has 1 rings (SSSR count). The van der Waals surface area contributed by atoms with E-state index in [0.717, 1.165) is 5.20 Å². The summed E-state index contributed by atoms with van der Waals surface area (Å²) < 4.78 is 0. The van der Waals surface area contributed by atoms with Gasteiger partial charge in [0, 0.05) is 11.8 Å². The van der Waals surface area contributed by atoms with Crippen LogP contribution >= 0.6 is 0 Å². The van der Waals surface area contributed by atoms with Crippen LogP contribution in [0.25, 0.3) is 0 Å². The summed E-state index contributed by atoms with van der Waals surface area (Å²) in [5.74, 6) is 0.0668. The fraction of sp³-hybridized carbons (Fsp3) is 0.583. The van der Waals surface area contributed by atoms with Crippen molar-refractivity contribution in [3.05, 3.63) is 23.4 Å². The van der Waals surface area contributed by atoms with Crippen LogP contribution < -0.4 is 0 Å². The van der Waals surface area contributed by atoms with Crippen LogP contribution in [-0.4, -0.2) is 37.3 Å². The number of hydrogen-bond acceptors (Lipinski definition) is 3. The van der Waals surface area contributed by atoms with Crippen LogP contribution in [0.3, 0.4) is 0 Å². The van der Waals surface area contributed by atoms with Gasteiger partial charge in [-0.25, -0.2) is 0 Å². The lowest BCUT2D eigenvalue weighted by atomic mass is 9.82. The van der Waals surface area contributed by atoms with Crippen LogP contribution in [0, 0.1) is 5.41 Å². The van der Waals surface area contributed by atoms with E-state index in [4.69, 9.17) is 0 Å². The summed E-state index contributed by atoms with van der Waals surface area (Å²) >= 11 is 0. The minimum absolute atomic E-state index is 0.0668. The van der Waals surface area contributed by atoms with Crippen LogP contribution in [0.15, 0.2) is 23.4 Å². The first-order chi connectivity index (χ1) is 7.32. The minimum Gasteiger partial charge on any atom is -0.395 e. The molecule has 0 fully saturated rings. The topological polar surface area (TPSA) is 57.5 Å². The summed E-state index contributed by atoms with van der Waals surface area (Å²) in [5.41, 5.74) is -0.0317. The molecule has 90 valence electrons. The van der Waals surface area contributed by atoms with Crippen LogP contribution in [0.1, 0.15) is 6.42 Å². The van der Waals surface area contributed by atoms with Crippen molar-refractivity contribution in [2.75, 3.05) is 13.2 Å². The number of hydrogen-bond donors (Lipinski definition) is 2. The first-order valence-corrected chi connectivity index (χ1v) is 8.95. The number of ketones is 1. The Kier molecular flexibility index (Phi) is 3.57. The predicted octanol–water partition coefficient (Wildman–Crippen LogP) is 1.29. The highest BCUT2D eigenvalue weighted by Gasteiger charge is 2.46. The molecule has 4 heteroatoms. The lowest BCUT2D eigenvalue weighted by molar-refractivity contribution is -0.115. The van der Waals surface area contributed by atoms with Gasteiger partial charge in [0.05, 0.1) is 21.3 Å². The van der Waals surface area contributed by atoms with E-state index in [0.29, 0.717) is 5.57 Å². The first-order valence-electron chi connectivity index (χ1n) is 5.45. The largest absolute Gasteiger partial charge is 0.395 e. The number of Topliss-reactive ketones (excluding diaryl/α,β-unsaturated/α-hetero) is 1. The SMILES string of the molecule is C=CC1(CO)CC(=O)C([Si](C)(C)C)=C1CO. The average molecular weight is 240 g/mol. The van der Waals surface area contributed by atoms with E-state index < -0.39 is 13.5 Å². The van der Waals surface area contributed by atoms with Crippen molar-refractivity contribution < 1.29 is 15.0 Å². The molecule has 0 amide bonds. The molecule has 0 radical (unpaired) electrons. The Balaban J connectivity index is 3.40. The molecule has 1 unspecified atom stereocenters. The molecule has 0 aliphatic heterocycles. The summed E-state index contributed by atoms with van der Waals surface area (Å²) in [7, 11) is -1.78. The Morgan fingerprint density at radius 2 is 2.00 bits per heavy atom. The molecule has 0 spiro atoms. The number of aliphatic hydroxyl groups is 2. The molecule has 0 saturated carbocycles. The van der Waals surface area contributed by atoms with E-state index >= 15 is 0 Å². The standard InChI is InChI=1S/C12H20O3Si/c1-5-12(8-14)6-10(15)11(9(12)7-13)16(2,3)4/h5,13-14H,1,6-8H2,2-4H3. The zero-order valence-corrected chi connectivity index (χ0v) is 11.2. The van der Waals surface area contributed by atoms with Gasteiger partial charge < -0.3 is 10.2 Å². The van der Waals surface area contributed by atoms with Gasteiger partial charge >= 0.3 is 0 Å². The minimum atomic E-state index is -1.78. The average Bonchev–Trinajstić information content (AvgIpc) is 2.50. The van der Waals surface area contributed by atoms with Crippen LogP contribution in [-0.2, 0) is 4.79 Å². The molecule has 0 bridgehead atoms. The summed E-state index contributed by atoms with van der Waals surface area (Å²) in [6.45, 7) is 9.59. The van der Waals surface area contributed by atoms with Crippen molar-refractivity contribution in [2.45, 2.75) is 26.1 Å². The van der Waals surface area contributed by atoms with Crippen molar-refractivity contribution in [3.8, 4) is 0 Å². The van der Waals surface area contributed by atoms with Crippen molar-refractivity contribution in [2.24, 2.45) is 5.41 Å². The predicted molar refractivity (Wildman–Crippen MR) is 66.8 cm³/mol. The number of rotatable bonds is 4. The van der Waals surface area contributed by atoms with Crippen molar-refractivity contribution in [1.82, 2.24) is 0 Å². The maximum atomic E-state index is 12.0. The monoisotopic (exact) mass is 240 g/mol. The van der Waals surface area contributed by atoms with E-state index in [-0.39, 0.29) is 25.4 Å². The third-order valence-electron chi connectivity index (χ3n) is 3.24. The van der Waals surface area contributed by atoms with E-state index in [1.165, 1.54) is 0 Å². The molecular weight excluding hydrogens is 220 g/mol. The third kappa shape index (κ3) is 1.92. The van der Waals surface area contributed by atoms with Gasteiger partial charge in [0.25, 0.3) is 0 Å². The Labute approximate surface area is 97.5 Å². The lowest BCUT2D eigenvalue weighted by Crippen LogP contribution is -2.29. The Hall–Kier alpha value is -0.713. The summed E-state index contributed by atoms with van der Waals surface area (Å²) in [4.78, 5) is 12.0. The second-order valence-corrected chi connectivity index (χ2v) is 10.4. The van der Waals surface area contributed by atoms with Gasteiger partial charge in [-0.1, -0.05) is 25.7 Å². The third-order valence-corrected chi connectivity index (χ3v) is 5.32. The lowest BCUT2D eigenvalue weighted by Gasteiger charge is -2.26. The molecular formula is C12H20O3Si. The Morgan fingerprint density at radius 1 is 1.44 bits per heavy atom. The highest BCUT2D eigenvalue weighted by Crippen LogP contribution is 2.44. The molecule has 0 saturated heterocycles. The fourth-order valence-corrected chi connectivity index (χ4v) is 4.58. The van der Waals surface area contributed by atoms with Gasteiger partial charge in [0.1, 0.15) is 0 Å². The quantitative estimate of drug-likeness (QED) is 0.575. The zero-order chi connectivity index (χ0) is 12.6. The Morgan fingerprint density at radius 3 is 2.31 bits per heavy atom. The molecule has 16 heavy (non-hydrogen) atoms. The van der Waals surface area contributed by atoms with Crippen molar-refractivity contribution >= 4 is 13.9 Å². The second-order valence-electron chi connectivity index (χ2n) is 5.38. The number of carbonyl (C=O) groups is 1. The molecule has 1 aliphatic rings. The number of carbonyl (C=O) groups excluding carboxylic acids is 1. The molecule has 3 nitrogen and oxygen atoms in total. The summed E-state index contributed by atoms with van der Waals surface area (Å²) in [6.07, 6.45) is 1.85. The second kappa shape index (κ2) is 4.28. The molecule has 0 aromatic heterocycles. The van der Waals surface area contributed by atoms with Crippen LogP contribution in [0.5, 0.6) is 0 Å². The molecule has 0 aromatic carbocycles. The molecule has 2 N–H and O–H groups in total. The maximum absolute atomic E-state index is 12.0. The zero-order valence-electron chi connectivity index (χ0n) is 10.2. The van der Waals surface area contributed by atoms with E-state index in [1.54, 1.807) is 6.08 Å². The maximum Gasteiger partial charge on any atom is 0.156 e. The summed E-state index contributed by atoms with van der Waals surface area (Å²) in [5, 5.41) is 19.7. The molecule has 0 aromatic rings. The van der Waals surface area contributed by atoms with Gasteiger partial charge in [-0.15, -0.1) is 6.58 Å². The van der Waals surface area contributed by atoms with Gasteiger partial charge in [-0.2, -0.15) is 0 Å². The van der Waals surface area contributed by atoms with Gasteiger partial charge in [-0.05, 0) is 10.8 Å². The van der Waals surface area contributed by atoms with Crippen LogP contribution in [0.4, 0.5) is 0 Å². The highest BCUT2D eigenvalue weighted by atomic mass is 28.3. The molecule has 1 atom stereocenters.